The van der Waals surface area contributed by atoms with Crippen LogP contribution in [0.3, 0.4) is 0 Å². The fraction of sp³-hybridized carbons (Fsp3) is 0.238. The first-order chi connectivity index (χ1) is 24.4. The summed E-state index contributed by atoms with van der Waals surface area (Å²) in [6.07, 6.45) is 5.04. The van der Waals surface area contributed by atoms with Gasteiger partial charge in [0.05, 0.1) is 12.8 Å². The Balaban J connectivity index is 0.981. The number of hydrogen-bond acceptors (Lipinski definition) is 7. The minimum absolute atomic E-state index is 0.355. The highest BCUT2D eigenvalue weighted by molar-refractivity contribution is 6.31. The molecule has 0 amide bonds. The van der Waals surface area contributed by atoms with E-state index in [4.69, 9.17) is 25.8 Å². The lowest BCUT2D eigenvalue weighted by Crippen LogP contribution is -2.45. The van der Waals surface area contributed by atoms with Crippen LogP contribution < -0.4 is 14.2 Å². The lowest BCUT2D eigenvalue weighted by molar-refractivity contribution is -0.104. The van der Waals surface area contributed by atoms with E-state index in [1.807, 2.05) is 61.5 Å². The molecule has 0 N–H and O–H groups in total. The quantitative estimate of drug-likeness (QED) is 0.0855. The summed E-state index contributed by atoms with van der Waals surface area (Å²) in [6.45, 7) is 9.47. The van der Waals surface area contributed by atoms with Crippen LogP contribution in [0.5, 0.6) is 23.1 Å². The molecule has 1 fully saturated rings. The van der Waals surface area contributed by atoms with Crippen molar-refractivity contribution in [3.05, 3.63) is 154 Å². The van der Waals surface area contributed by atoms with Gasteiger partial charge in [0.25, 0.3) is 0 Å². The first-order valence-electron chi connectivity index (χ1n) is 16.9. The SMILES string of the molecule is Cc1ccc(OCCc2ccc(CN3CCN(/C(=C/C=O)c4ccc(Oc5ccc(OCc6ccccc6Cl)cn5)c(C)c4)CC3)cc2)cc1. The maximum Gasteiger partial charge on any atom is 0.219 e. The van der Waals surface area contributed by atoms with E-state index in [9.17, 15) is 4.79 Å². The van der Waals surface area contributed by atoms with Crippen LogP contribution >= 0.6 is 11.6 Å². The van der Waals surface area contributed by atoms with Crippen molar-refractivity contribution in [2.24, 2.45) is 0 Å². The summed E-state index contributed by atoms with van der Waals surface area (Å²) in [6, 6.07) is 34.2. The molecule has 50 heavy (non-hydrogen) atoms. The van der Waals surface area contributed by atoms with Gasteiger partial charge in [0.2, 0.25) is 5.88 Å². The van der Waals surface area contributed by atoms with Crippen molar-refractivity contribution in [1.82, 2.24) is 14.8 Å². The number of rotatable bonds is 14. The second-order valence-electron chi connectivity index (χ2n) is 12.5. The molecule has 0 atom stereocenters. The van der Waals surface area contributed by atoms with E-state index in [2.05, 4.69) is 64.2 Å². The molecule has 7 nitrogen and oxygen atoms in total. The Kier molecular flexibility index (Phi) is 11.8. The van der Waals surface area contributed by atoms with Gasteiger partial charge in [-0.25, -0.2) is 4.98 Å². The second kappa shape index (κ2) is 17.0. The third-order valence-corrected chi connectivity index (χ3v) is 9.16. The Morgan fingerprint density at radius 1 is 0.820 bits per heavy atom. The zero-order valence-corrected chi connectivity index (χ0v) is 29.3. The van der Waals surface area contributed by atoms with Gasteiger partial charge in [-0.3, -0.25) is 9.69 Å². The minimum atomic E-state index is 0.355. The average molecular weight is 688 g/mol. The molecule has 0 saturated carbocycles. The number of pyridine rings is 1. The number of aldehydes is 1. The van der Waals surface area contributed by atoms with Gasteiger partial charge in [-0.2, -0.15) is 0 Å². The van der Waals surface area contributed by atoms with Crippen molar-refractivity contribution in [3.63, 3.8) is 0 Å². The number of halogens is 1. The first kappa shape index (κ1) is 34.7. The minimum Gasteiger partial charge on any atom is -0.493 e. The van der Waals surface area contributed by atoms with Crippen LogP contribution in [-0.2, 0) is 24.4 Å². The van der Waals surface area contributed by atoms with Crippen LogP contribution in [0.2, 0.25) is 5.02 Å². The normalized spacial score (nSPS) is 13.6. The fourth-order valence-electron chi connectivity index (χ4n) is 5.91. The number of ether oxygens (including phenoxy) is 3. The Morgan fingerprint density at radius 2 is 1.56 bits per heavy atom. The van der Waals surface area contributed by atoms with Crippen LogP contribution in [0.25, 0.3) is 5.70 Å². The molecule has 1 saturated heterocycles. The monoisotopic (exact) mass is 687 g/mol. The van der Waals surface area contributed by atoms with Crippen molar-refractivity contribution in [2.45, 2.75) is 33.4 Å². The number of aryl methyl sites for hydroxylation is 2. The lowest BCUT2D eigenvalue weighted by atomic mass is 10.1. The second-order valence-corrected chi connectivity index (χ2v) is 12.9. The van der Waals surface area contributed by atoms with Crippen LogP contribution in [0.4, 0.5) is 0 Å². The molecule has 8 heteroatoms. The van der Waals surface area contributed by atoms with E-state index in [0.29, 0.717) is 35.6 Å². The Morgan fingerprint density at radius 3 is 2.26 bits per heavy atom. The topological polar surface area (TPSA) is 64.1 Å². The lowest BCUT2D eigenvalue weighted by Gasteiger charge is -2.37. The molecule has 0 radical (unpaired) electrons. The molecule has 1 aliphatic heterocycles. The number of hydrogen-bond donors (Lipinski definition) is 0. The zero-order valence-electron chi connectivity index (χ0n) is 28.6. The molecule has 1 aromatic heterocycles. The molecule has 0 bridgehead atoms. The highest BCUT2D eigenvalue weighted by atomic mass is 35.5. The molecule has 256 valence electrons. The predicted molar refractivity (Wildman–Crippen MR) is 199 cm³/mol. The van der Waals surface area contributed by atoms with Crippen molar-refractivity contribution in [1.29, 1.82) is 0 Å². The summed E-state index contributed by atoms with van der Waals surface area (Å²) in [7, 11) is 0. The van der Waals surface area contributed by atoms with Gasteiger partial charge in [0, 0.05) is 67.6 Å². The van der Waals surface area contributed by atoms with Crippen LogP contribution in [-0.4, -0.2) is 53.9 Å². The maximum atomic E-state index is 11.7. The molecular formula is C42H42ClN3O4. The van der Waals surface area contributed by atoms with Crippen molar-refractivity contribution in [2.75, 3.05) is 32.8 Å². The van der Waals surface area contributed by atoms with Gasteiger partial charge in [-0.1, -0.05) is 71.8 Å². The highest BCUT2D eigenvalue weighted by Crippen LogP contribution is 2.30. The van der Waals surface area contributed by atoms with E-state index in [-0.39, 0.29) is 0 Å². The van der Waals surface area contributed by atoms with Crippen LogP contribution in [0, 0.1) is 13.8 Å². The Hall–Kier alpha value is -5.11. The molecule has 6 rings (SSSR count). The van der Waals surface area contributed by atoms with Crippen molar-refractivity contribution >= 4 is 23.6 Å². The number of allylic oxidation sites excluding steroid dienone is 1. The maximum absolute atomic E-state index is 11.7. The number of carbonyl (C=O) groups is 1. The summed E-state index contributed by atoms with van der Waals surface area (Å²) >= 11 is 6.23. The molecular weight excluding hydrogens is 646 g/mol. The van der Waals surface area contributed by atoms with Gasteiger partial charge in [-0.15, -0.1) is 0 Å². The third kappa shape index (κ3) is 9.53. The van der Waals surface area contributed by atoms with E-state index in [0.717, 1.165) is 73.6 Å². The summed E-state index contributed by atoms with van der Waals surface area (Å²) in [5, 5.41) is 0.669. The Labute approximate surface area is 299 Å². The molecule has 5 aromatic rings. The number of benzene rings is 4. The summed E-state index contributed by atoms with van der Waals surface area (Å²) in [4.78, 5) is 20.9. The smallest absolute Gasteiger partial charge is 0.219 e. The van der Waals surface area contributed by atoms with Gasteiger partial charge in [0.15, 0.2) is 0 Å². The van der Waals surface area contributed by atoms with E-state index < -0.39 is 0 Å². The van der Waals surface area contributed by atoms with E-state index in [1.165, 1.54) is 16.7 Å². The highest BCUT2D eigenvalue weighted by Gasteiger charge is 2.20. The van der Waals surface area contributed by atoms with Crippen LogP contribution in [0.1, 0.15) is 33.4 Å². The molecule has 4 aromatic carbocycles. The summed E-state index contributed by atoms with van der Waals surface area (Å²) in [5.41, 5.74) is 7.56. The number of nitrogens with zero attached hydrogens (tertiary/aromatic N) is 3. The van der Waals surface area contributed by atoms with E-state index >= 15 is 0 Å². The van der Waals surface area contributed by atoms with Crippen molar-refractivity contribution in [3.8, 4) is 23.1 Å². The molecule has 1 aliphatic rings. The van der Waals surface area contributed by atoms with Gasteiger partial charge in [0.1, 0.15) is 30.1 Å². The number of piperazine rings is 1. The third-order valence-electron chi connectivity index (χ3n) is 8.80. The molecule has 0 aliphatic carbocycles. The standard InChI is InChI=1S/C42H42ClN3O4/c1-31-7-14-37(15-8-31)48-26-20-33-9-11-34(12-10-33)29-45-21-23-46(24-22-45)40(19-25-47)35-13-17-41(32(2)27-35)50-42-18-16-38(28-44-42)49-30-36-5-3-4-6-39(36)43/h3-19,25,27-28H,20-24,26,29-30H2,1-2H3/b40-19+. The van der Waals surface area contributed by atoms with Gasteiger partial charge in [-0.05, 0) is 78.6 Å². The van der Waals surface area contributed by atoms with Crippen molar-refractivity contribution < 1.29 is 19.0 Å². The van der Waals surface area contributed by atoms with Gasteiger partial charge >= 0.3 is 0 Å². The first-order valence-corrected chi connectivity index (χ1v) is 17.3. The number of aromatic nitrogens is 1. The summed E-state index contributed by atoms with van der Waals surface area (Å²) < 4.78 is 17.8. The van der Waals surface area contributed by atoms with Gasteiger partial charge < -0.3 is 19.1 Å². The largest absolute Gasteiger partial charge is 0.493 e. The number of carbonyl (C=O) groups excluding carboxylic acids is 1. The summed E-state index contributed by atoms with van der Waals surface area (Å²) in [5.74, 6) is 2.70. The average Bonchev–Trinajstić information content (AvgIpc) is 3.14. The molecule has 0 spiro atoms. The fourth-order valence-corrected chi connectivity index (χ4v) is 6.10. The molecule has 0 unspecified atom stereocenters. The van der Waals surface area contributed by atoms with E-state index in [1.54, 1.807) is 18.3 Å². The molecule has 2 heterocycles. The van der Waals surface area contributed by atoms with Crippen LogP contribution in [0.15, 0.2) is 115 Å². The predicted octanol–water partition coefficient (Wildman–Crippen LogP) is 8.70. The zero-order chi connectivity index (χ0) is 34.7. The Bertz CT molecular complexity index is 1880.